The van der Waals surface area contributed by atoms with Gasteiger partial charge in [0.15, 0.2) is 0 Å². The van der Waals surface area contributed by atoms with E-state index in [1.165, 1.54) is 41.9 Å². The average molecular weight is 442 g/mol. The van der Waals surface area contributed by atoms with Crippen LogP contribution in [-0.2, 0) is 4.74 Å². The summed E-state index contributed by atoms with van der Waals surface area (Å²) >= 11 is 0. The monoisotopic (exact) mass is 441 g/mol. The maximum absolute atomic E-state index is 6.70. The summed E-state index contributed by atoms with van der Waals surface area (Å²) < 4.78 is 6.70. The molecular formula is C29H35N3O. The molecule has 3 aromatic rings. The predicted molar refractivity (Wildman–Crippen MR) is 137 cm³/mol. The van der Waals surface area contributed by atoms with Gasteiger partial charge < -0.3 is 19.9 Å². The van der Waals surface area contributed by atoms with E-state index >= 15 is 0 Å². The van der Waals surface area contributed by atoms with Crippen molar-refractivity contribution in [1.29, 1.82) is 0 Å². The van der Waals surface area contributed by atoms with E-state index in [4.69, 9.17) is 4.74 Å². The molecule has 1 saturated heterocycles. The zero-order chi connectivity index (χ0) is 22.3. The SMILES string of the molecule is c1ccc(C(OC2CCN(CCCCN3CNc4ccccc43)CC2)c2ccccc2)cc1. The Morgan fingerprint density at radius 3 is 2.06 bits per heavy atom. The molecule has 0 unspecified atom stereocenters. The third-order valence-corrected chi connectivity index (χ3v) is 6.93. The van der Waals surface area contributed by atoms with Gasteiger partial charge in [0.2, 0.25) is 0 Å². The second-order valence-electron chi connectivity index (χ2n) is 9.20. The first-order valence-electron chi connectivity index (χ1n) is 12.4. The van der Waals surface area contributed by atoms with E-state index in [0.29, 0.717) is 6.10 Å². The van der Waals surface area contributed by atoms with Crippen LogP contribution in [0.4, 0.5) is 11.4 Å². The minimum atomic E-state index is 0.0147. The summed E-state index contributed by atoms with van der Waals surface area (Å²) in [4.78, 5) is 5.08. The Morgan fingerprint density at radius 2 is 1.36 bits per heavy atom. The minimum Gasteiger partial charge on any atom is -0.366 e. The van der Waals surface area contributed by atoms with Crippen LogP contribution in [-0.4, -0.2) is 43.9 Å². The number of rotatable bonds is 9. The van der Waals surface area contributed by atoms with Gasteiger partial charge in [0.05, 0.1) is 24.1 Å². The number of hydrogen-bond donors (Lipinski definition) is 1. The molecule has 0 atom stereocenters. The van der Waals surface area contributed by atoms with Crippen LogP contribution in [0.25, 0.3) is 0 Å². The van der Waals surface area contributed by atoms with Gasteiger partial charge in [-0.15, -0.1) is 0 Å². The lowest BCUT2D eigenvalue weighted by Crippen LogP contribution is -2.38. The lowest BCUT2D eigenvalue weighted by Gasteiger charge is -2.34. The maximum Gasteiger partial charge on any atom is 0.108 e. The minimum absolute atomic E-state index is 0.0147. The molecule has 3 aromatic carbocycles. The van der Waals surface area contributed by atoms with E-state index in [1.54, 1.807) is 0 Å². The number of nitrogens with one attached hydrogen (secondary N) is 1. The predicted octanol–water partition coefficient (Wildman–Crippen LogP) is 5.93. The molecule has 2 aliphatic rings. The highest BCUT2D eigenvalue weighted by Crippen LogP contribution is 2.31. The molecule has 0 bridgehead atoms. The largest absolute Gasteiger partial charge is 0.366 e. The molecule has 5 rings (SSSR count). The molecular weight excluding hydrogens is 406 g/mol. The average Bonchev–Trinajstić information content (AvgIpc) is 3.30. The second-order valence-corrected chi connectivity index (χ2v) is 9.20. The smallest absolute Gasteiger partial charge is 0.108 e. The number of benzene rings is 3. The van der Waals surface area contributed by atoms with Crippen LogP contribution >= 0.6 is 0 Å². The van der Waals surface area contributed by atoms with Crippen molar-refractivity contribution in [3.05, 3.63) is 96.1 Å². The second kappa shape index (κ2) is 10.9. The first-order chi connectivity index (χ1) is 16.4. The Kier molecular flexibility index (Phi) is 7.24. The standard InChI is InChI=1S/C29H35N3O/c1-3-11-24(12-4-1)29(25-13-5-2-6-14-25)33-26-17-21-31(22-18-26)19-9-10-20-32-23-30-27-15-7-8-16-28(27)32/h1-8,11-16,26,29-30H,9-10,17-23H2. The van der Waals surface area contributed by atoms with Crippen LogP contribution in [0.1, 0.15) is 42.9 Å². The Hall–Kier alpha value is -2.82. The van der Waals surface area contributed by atoms with Crippen LogP contribution < -0.4 is 10.2 Å². The van der Waals surface area contributed by atoms with Crippen LogP contribution in [0.3, 0.4) is 0 Å². The van der Waals surface area contributed by atoms with Crippen molar-refractivity contribution in [1.82, 2.24) is 4.90 Å². The number of unbranched alkanes of at least 4 members (excludes halogenated alkanes) is 1. The van der Waals surface area contributed by atoms with E-state index in [-0.39, 0.29) is 6.10 Å². The molecule has 2 aliphatic heterocycles. The van der Waals surface area contributed by atoms with Gasteiger partial charge in [0.25, 0.3) is 0 Å². The fourth-order valence-electron chi connectivity index (χ4n) is 5.07. The zero-order valence-corrected chi connectivity index (χ0v) is 19.4. The van der Waals surface area contributed by atoms with Crippen LogP contribution in [0.5, 0.6) is 0 Å². The molecule has 4 heteroatoms. The maximum atomic E-state index is 6.70. The first-order valence-corrected chi connectivity index (χ1v) is 12.4. The Bertz CT molecular complexity index is 947. The van der Waals surface area contributed by atoms with Crippen LogP contribution in [0.2, 0.25) is 0 Å². The van der Waals surface area contributed by atoms with Crippen LogP contribution in [0, 0.1) is 0 Å². The lowest BCUT2D eigenvalue weighted by molar-refractivity contribution is -0.0270. The molecule has 4 nitrogen and oxygen atoms in total. The van der Waals surface area contributed by atoms with Gasteiger partial charge >= 0.3 is 0 Å². The topological polar surface area (TPSA) is 27.7 Å². The van der Waals surface area contributed by atoms with Crippen molar-refractivity contribution in [2.24, 2.45) is 0 Å². The molecule has 0 saturated carbocycles. The van der Waals surface area contributed by atoms with Crippen molar-refractivity contribution >= 4 is 11.4 Å². The van der Waals surface area contributed by atoms with E-state index in [2.05, 4.69) is 100 Å². The van der Waals surface area contributed by atoms with Crippen molar-refractivity contribution in [3.63, 3.8) is 0 Å². The highest BCUT2D eigenvalue weighted by atomic mass is 16.5. The Balaban J connectivity index is 1.07. The van der Waals surface area contributed by atoms with E-state index in [9.17, 15) is 0 Å². The normalized spacial score (nSPS) is 16.7. The van der Waals surface area contributed by atoms with Gasteiger partial charge in [0.1, 0.15) is 6.10 Å². The molecule has 33 heavy (non-hydrogen) atoms. The van der Waals surface area contributed by atoms with Crippen molar-refractivity contribution in [2.45, 2.75) is 37.9 Å². The summed E-state index contributed by atoms with van der Waals surface area (Å²) in [7, 11) is 0. The van der Waals surface area contributed by atoms with Crippen molar-refractivity contribution in [2.75, 3.05) is 43.1 Å². The van der Waals surface area contributed by atoms with Gasteiger partial charge in [0, 0.05) is 19.6 Å². The highest BCUT2D eigenvalue weighted by molar-refractivity contribution is 5.74. The highest BCUT2D eigenvalue weighted by Gasteiger charge is 2.24. The molecule has 0 aliphatic carbocycles. The number of fused-ring (bicyclic) bond motifs is 1. The molecule has 2 heterocycles. The molecule has 1 N–H and O–H groups in total. The summed E-state index contributed by atoms with van der Waals surface area (Å²) in [5.74, 6) is 0. The first kappa shape index (κ1) is 22.0. The van der Waals surface area contributed by atoms with Gasteiger partial charge in [-0.05, 0) is 55.5 Å². The number of ether oxygens (including phenoxy) is 1. The van der Waals surface area contributed by atoms with Gasteiger partial charge in [-0.25, -0.2) is 0 Å². The van der Waals surface area contributed by atoms with E-state index in [1.807, 2.05) is 0 Å². The van der Waals surface area contributed by atoms with Crippen LogP contribution in [0.15, 0.2) is 84.9 Å². The number of para-hydroxylation sites is 2. The number of piperidine rings is 1. The quantitative estimate of drug-likeness (QED) is 0.417. The third-order valence-electron chi connectivity index (χ3n) is 6.93. The summed E-state index contributed by atoms with van der Waals surface area (Å²) in [5, 5.41) is 3.49. The zero-order valence-electron chi connectivity index (χ0n) is 19.4. The Labute approximate surface area is 198 Å². The van der Waals surface area contributed by atoms with Gasteiger partial charge in [-0.1, -0.05) is 72.8 Å². The van der Waals surface area contributed by atoms with E-state index < -0.39 is 0 Å². The summed E-state index contributed by atoms with van der Waals surface area (Å²) in [6.45, 7) is 5.52. The fraction of sp³-hybridized carbons (Fsp3) is 0.379. The molecule has 172 valence electrons. The molecule has 0 amide bonds. The van der Waals surface area contributed by atoms with Gasteiger partial charge in [-0.3, -0.25) is 0 Å². The van der Waals surface area contributed by atoms with E-state index in [0.717, 1.165) is 39.1 Å². The summed E-state index contributed by atoms with van der Waals surface area (Å²) in [5.41, 5.74) is 5.10. The number of hydrogen-bond acceptors (Lipinski definition) is 4. The molecule has 0 radical (unpaired) electrons. The molecule has 0 aromatic heterocycles. The number of anilines is 2. The third kappa shape index (κ3) is 5.58. The molecule has 1 fully saturated rings. The van der Waals surface area contributed by atoms with Crippen molar-refractivity contribution < 1.29 is 4.74 Å². The number of likely N-dealkylation sites (tertiary alicyclic amines) is 1. The fourth-order valence-corrected chi connectivity index (χ4v) is 5.07. The molecule has 0 spiro atoms. The Morgan fingerprint density at radius 1 is 0.758 bits per heavy atom. The van der Waals surface area contributed by atoms with Gasteiger partial charge in [-0.2, -0.15) is 0 Å². The number of nitrogens with zero attached hydrogens (tertiary/aromatic N) is 2. The summed E-state index contributed by atoms with van der Waals surface area (Å²) in [6, 6.07) is 29.9. The van der Waals surface area contributed by atoms with Crippen molar-refractivity contribution in [3.8, 4) is 0 Å². The lowest BCUT2D eigenvalue weighted by atomic mass is 10.00. The summed E-state index contributed by atoms with van der Waals surface area (Å²) in [6.07, 6.45) is 5.04.